The summed E-state index contributed by atoms with van der Waals surface area (Å²) in [6.07, 6.45) is 4.61. The molecule has 2 bridgehead atoms. The van der Waals surface area contributed by atoms with Gasteiger partial charge in [-0.25, -0.2) is 0 Å². The largest absolute Gasteiger partial charge is 0.0654 e. The fourth-order valence-corrected chi connectivity index (χ4v) is 5.80. The summed E-state index contributed by atoms with van der Waals surface area (Å²) in [7, 11) is 0. The highest BCUT2D eigenvalue weighted by Crippen LogP contribution is 2.98. The molecule has 66 valence electrons. The fourth-order valence-electron chi connectivity index (χ4n) is 5.80. The van der Waals surface area contributed by atoms with E-state index in [0.29, 0.717) is 0 Å². The minimum atomic E-state index is 1.00. The molecule has 5 aliphatic carbocycles. The Kier molecular flexibility index (Phi) is 0.811. The molecule has 0 aromatic heterocycles. The van der Waals surface area contributed by atoms with E-state index in [1.54, 1.807) is 6.42 Å². The predicted octanol–water partition coefficient (Wildman–Crippen LogP) is 2.93. The van der Waals surface area contributed by atoms with Crippen LogP contribution in [0.1, 0.15) is 33.1 Å². The van der Waals surface area contributed by atoms with Crippen LogP contribution in [-0.2, 0) is 0 Å². The van der Waals surface area contributed by atoms with E-state index in [4.69, 9.17) is 0 Å². The lowest BCUT2D eigenvalue weighted by molar-refractivity contribution is -0.124. The molecule has 0 aromatic carbocycles. The molecular formula is C12H18. The van der Waals surface area contributed by atoms with Gasteiger partial charge in [0.25, 0.3) is 0 Å². The molecule has 5 aliphatic rings. The van der Waals surface area contributed by atoms with E-state index in [9.17, 15) is 0 Å². The maximum atomic E-state index is 2.54. The van der Waals surface area contributed by atoms with Gasteiger partial charge in [-0.05, 0) is 47.3 Å². The number of rotatable bonds is 2. The monoisotopic (exact) mass is 162 g/mol. The summed E-state index contributed by atoms with van der Waals surface area (Å²) in [6.45, 7) is 4.90. The Morgan fingerprint density at radius 2 is 2.08 bits per heavy atom. The third kappa shape index (κ3) is 0.352. The molecule has 0 radical (unpaired) electrons. The van der Waals surface area contributed by atoms with Crippen LogP contribution >= 0.6 is 0 Å². The van der Waals surface area contributed by atoms with Crippen LogP contribution in [0.2, 0.25) is 0 Å². The van der Waals surface area contributed by atoms with Crippen molar-refractivity contribution in [3.63, 3.8) is 0 Å². The second-order valence-corrected chi connectivity index (χ2v) is 5.87. The zero-order chi connectivity index (χ0) is 8.09. The molecule has 5 fully saturated rings. The average Bonchev–Trinajstić information content (AvgIpc) is 2.31. The van der Waals surface area contributed by atoms with Crippen LogP contribution < -0.4 is 0 Å². The fraction of sp³-hybridized carbons (Fsp3) is 1.00. The maximum Gasteiger partial charge on any atom is -0.0193 e. The molecule has 12 heavy (non-hydrogen) atoms. The van der Waals surface area contributed by atoms with Crippen molar-refractivity contribution in [1.29, 1.82) is 0 Å². The van der Waals surface area contributed by atoms with Gasteiger partial charge in [-0.2, -0.15) is 0 Å². The summed E-state index contributed by atoms with van der Waals surface area (Å²) < 4.78 is 0. The number of hydrogen-bond acceptors (Lipinski definition) is 0. The molecule has 0 heterocycles. The van der Waals surface area contributed by atoms with Crippen LogP contribution in [-0.4, -0.2) is 0 Å². The van der Waals surface area contributed by atoms with E-state index < -0.39 is 0 Å². The van der Waals surface area contributed by atoms with Crippen LogP contribution in [0.15, 0.2) is 0 Å². The van der Waals surface area contributed by atoms with E-state index in [1.165, 1.54) is 36.5 Å². The molecule has 7 unspecified atom stereocenters. The van der Waals surface area contributed by atoms with E-state index in [2.05, 4.69) is 13.8 Å². The van der Waals surface area contributed by atoms with Crippen molar-refractivity contribution in [3.05, 3.63) is 0 Å². The van der Waals surface area contributed by atoms with Crippen molar-refractivity contribution in [2.45, 2.75) is 33.1 Å². The maximum absolute atomic E-state index is 2.54. The summed E-state index contributed by atoms with van der Waals surface area (Å²) in [6, 6.07) is 0. The summed E-state index contributed by atoms with van der Waals surface area (Å²) >= 11 is 0. The molecule has 0 aliphatic heterocycles. The lowest BCUT2D eigenvalue weighted by atomic mass is 9.44. The minimum Gasteiger partial charge on any atom is -0.0654 e. The summed E-state index contributed by atoms with van der Waals surface area (Å²) in [5.41, 5.74) is 1.00. The Morgan fingerprint density at radius 3 is 2.58 bits per heavy atom. The van der Waals surface area contributed by atoms with Crippen molar-refractivity contribution in [2.24, 2.45) is 40.9 Å². The highest BCUT2D eigenvalue weighted by atomic mass is 15.0. The van der Waals surface area contributed by atoms with Crippen LogP contribution in [0, 0.1) is 40.9 Å². The van der Waals surface area contributed by atoms with E-state index in [0.717, 1.165) is 17.3 Å². The zero-order valence-electron chi connectivity index (χ0n) is 8.09. The van der Waals surface area contributed by atoms with Gasteiger partial charge in [0.05, 0.1) is 0 Å². The van der Waals surface area contributed by atoms with Crippen LogP contribution in [0.25, 0.3) is 0 Å². The molecular weight excluding hydrogens is 144 g/mol. The van der Waals surface area contributed by atoms with Gasteiger partial charge < -0.3 is 0 Å². The Labute approximate surface area is 74.7 Å². The highest BCUT2D eigenvalue weighted by molar-refractivity contribution is 5.41. The summed E-state index contributed by atoms with van der Waals surface area (Å²) in [4.78, 5) is 0. The topological polar surface area (TPSA) is 0 Å². The first-order chi connectivity index (χ1) is 5.82. The summed E-state index contributed by atoms with van der Waals surface area (Å²) in [5.74, 6) is 7.24. The average molecular weight is 162 g/mol. The molecule has 1 spiro atoms. The second kappa shape index (κ2) is 1.51. The van der Waals surface area contributed by atoms with Gasteiger partial charge in [0.15, 0.2) is 0 Å². The quantitative estimate of drug-likeness (QED) is 0.585. The van der Waals surface area contributed by atoms with Crippen molar-refractivity contribution in [3.8, 4) is 0 Å². The predicted molar refractivity (Wildman–Crippen MR) is 48.6 cm³/mol. The first kappa shape index (κ1) is 6.45. The Morgan fingerprint density at radius 1 is 1.25 bits per heavy atom. The van der Waals surface area contributed by atoms with Gasteiger partial charge in [0.2, 0.25) is 0 Å². The Balaban J connectivity index is 1.67. The van der Waals surface area contributed by atoms with Gasteiger partial charge in [-0.1, -0.05) is 26.7 Å². The standard InChI is InChI=1S/C12H18/c1-3-4-7-6(2)9-8-5-12(9)10(7)11(8)12/h6-11H,3-5H2,1-2H3. The Bertz CT molecular complexity index is 257. The van der Waals surface area contributed by atoms with E-state index >= 15 is 0 Å². The lowest BCUT2D eigenvalue weighted by Crippen LogP contribution is -2.55. The minimum absolute atomic E-state index is 1.00. The van der Waals surface area contributed by atoms with Gasteiger partial charge in [-0.3, -0.25) is 0 Å². The third-order valence-corrected chi connectivity index (χ3v) is 5.98. The summed E-state index contributed by atoms with van der Waals surface area (Å²) in [5, 5.41) is 0. The molecule has 7 atom stereocenters. The van der Waals surface area contributed by atoms with E-state index in [1.807, 2.05) is 0 Å². The molecule has 0 saturated heterocycles. The van der Waals surface area contributed by atoms with Crippen molar-refractivity contribution >= 4 is 0 Å². The van der Waals surface area contributed by atoms with Gasteiger partial charge in [0.1, 0.15) is 0 Å². The van der Waals surface area contributed by atoms with Crippen molar-refractivity contribution < 1.29 is 0 Å². The molecule has 0 nitrogen and oxygen atoms in total. The van der Waals surface area contributed by atoms with Crippen molar-refractivity contribution in [1.82, 2.24) is 0 Å². The van der Waals surface area contributed by atoms with Gasteiger partial charge in [0, 0.05) is 0 Å². The molecule has 0 N–H and O–H groups in total. The van der Waals surface area contributed by atoms with Crippen LogP contribution in [0.5, 0.6) is 0 Å². The SMILES string of the molecule is CCCC1C(C)C2C3CC24C1C34. The van der Waals surface area contributed by atoms with E-state index in [-0.39, 0.29) is 0 Å². The molecule has 0 aromatic rings. The Hall–Kier alpha value is 0. The number of hydrogen-bond donors (Lipinski definition) is 0. The molecule has 5 saturated carbocycles. The molecule has 0 amide bonds. The van der Waals surface area contributed by atoms with Crippen LogP contribution in [0.3, 0.4) is 0 Å². The molecule has 5 rings (SSSR count). The van der Waals surface area contributed by atoms with Gasteiger partial charge in [-0.15, -0.1) is 0 Å². The normalized spacial score (nSPS) is 74.5. The first-order valence-electron chi connectivity index (χ1n) is 5.82. The zero-order valence-corrected chi connectivity index (χ0v) is 8.09. The van der Waals surface area contributed by atoms with Crippen molar-refractivity contribution in [2.75, 3.05) is 0 Å². The lowest BCUT2D eigenvalue weighted by Gasteiger charge is -2.60. The smallest absolute Gasteiger partial charge is 0.0193 e. The van der Waals surface area contributed by atoms with Gasteiger partial charge >= 0.3 is 0 Å². The third-order valence-electron chi connectivity index (χ3n) is 5.98. The highest BCUT2D eigenvalue weighted by Gasteiger charge is 2.94. The second-order valence-electron chi connectivity index (χ2n) is 5.87. The molecule has 0 heteroatoms. The van der Waals surface area contributed by atoms with Crippen LogP contribution in [0.4, 0.5) is 0 Å². The first-order valence-corrected chi connectivity index (χ1v) is 5.82.